The van der Waals surface area contributed by atoms with Crippen molar-refractivity contribution >= 4 is 61.4 Å². The number of ether oxygens (including phenoxy) is 1. The van der Waals surface area contributed by atoms with Crippen molar-refractivity contribution in [2.75, 3.05) is 19.7 Å². The topological polar surface area (TPSA) is 223 Å². The number of aromatic nitrogens is 1. The summed E-state index contributed by atoms with van der Waals surface area (Å²) in [6.07, 6.45) is -3.95. The number of nitrogens with one attached hydrogen (secondary N) is 1. The second-order valence-corrected chi connectivity index (χ2v) is 10.8. The zero-order chi connectivity index (χ0) is 36.9. The Bertz CT molecular complexity index is 1330. The molecule has 0 spiro atoms. The molecule has 0 aliphatic carbocycles. The van der Waals surface area contributed by atoms with E-state index in [0.29, 0.717) is 31.9 Å². The lowest BCUT2D eigenvalue weighted by atomic mass is 10.1. The molecule has 2 rings (SSSR count). The van der Waals surface area contributed by atoms with Crippen LogP contribution in [0.4, 0.5) is 26.3 Å². The first-order valence-corrected chi connectivity index (χ1v) is 15.0. The molecular weight excluding hydrogens is 794 g/mol. The quantitative estimate of drug-likeness (QED) is 0.0381. The first-order chi connectivity index (χ1) is 22.3. The van der Waals surface area contributed by atoms with Gasteiger partial charge in [0.1, 0.15) is 11.5 Å². The van der Waals surface area contributed by atoms with Gasteiger partial charge in [-0.15, -0.1) is 0 Å². The summed E-state index contributed by atoms with van der Waals surface area (Å²) in [5, 5.41) is 29.6. The predicted molar refractivity (Wildman–Crippen MR) is 168 cm³/mol. The van der Waals surface area contributed by atoms with Crippen LogP contribution in [-0.4, -0.2) is 82.0 Å². The lowest BCUT2D eigenvalue weighted by Gasteiger charge is -2.13. The molecule has 0 saturated carbocycles. The van der Waals surface area contributed by atoms with Crippen LogP contribution in [0.5, 0.6) is 5.75 Å². The van der Waals surface area contributed by atoms with E-state index >= 15 is 0 Å². The zero-order valence-electron chi connectivity index (χ0n) is 24.8. The van der Waals surface area contributed by atoms with Crippen molar-refractivity contribution in [1.29, 1.82) is 0 Å². The number of pyridine rings is 1. The lowest BCUT2D eigenvalue weighted by molar-refractivity contribution is -0.193. The number of aliphatic imine (C=N–C) groups is 1. The van der Waals surface area contributed by atoms with E-state index in [1.807, 2.05) is 30.3 Å². The Kier molecular flexibility index (Phi) is 20.5. The number of benzene rings is 1. The Morgan fingerprint density at radius 2 is 1.46 bits per heavy atom. The maximum absolute atomic E-state index is 12.4. The van der Waals surface area contributed by atoms with Crippen LogP contribution in [0.15, 0.2) is 55.6 Å². The van der Waals surface area contributed by atoms with Crippen molar-refractivity contribution in [2.24, 2.45) is 21.6 Å². The number of carbonyl (C=O) groups excluding carboxylic acids is 1. The van der Waals surface area contributed by atoms with E-state index in [4.69, 9.17) is 36.0 Å². The van der Waals surface area contributed by atoms with Crippen LogP contribution in [0.25, 0.3) is 0 Å². The normalized spacial score (nSPS) is 11.2. The molecule has 0 aliphatic rings. The van der Waals surface area contributed by atoms with Crippen molar-refractivity contribution < 1.29 is 60.9 Å². The van der Waals surface area contributed by atoms with Gasteiger partial charge < -0.3 is 36.9 Å². The van der Waals surface area contributed by atoms with Crippen LogP contribution in [0.1, 0.15) is 36.9 Å². The fourth-order valence-electron chi connectivity index (χ4n) is 3.11. The van der Waals surface area contributed by atoms with Crippen molar-refractivity contribution in [1.82, 2.24) is 10.3 Å². The van der Waals surface area contributed by atoms with Gasteiger partial charge >= 0.3 is 24.3 Å². The average molecular weight is 826 g/mol. The van der Waals surface area contributed by atoms with E-state index < -0.39 is 30.2 Å². The highest BCUT2D eigenvalue weighted by Crippen LogP contribution is 2.35. The van der Waals surface area contributed by atoms with E-state index in [2.05, 4.69) is 52.3 Å². The molecule has 0 saturated heterocycles. The van der Waals surface area contributed by atoms with Gasteiger partial charge in [-0.1, -0.05) is 24.1 Å². The Morgan fingerprint density at radius 3 is 1.92 bits per heavy atom. The summed E-state index contributed by atoms with van der Waals surface area (Å²) < 4.78 is 70.8. The second kappa shape index (κ2) is 22.4. The molecule has 0 unspecified atom stereocenters. The third-order valence-corrected chi connectivity index (χ3v) is 6.47. The van der Waals surface area contributed by atoms with Crippen molar-refractivity contribution in [3.8, 4) is 5.75 Å². The van der Waals surface area contributed by atoms with Gasteiger partial charge in [-0.2, -0.15) is 26.3 Å². The molecule has 0 fully saturated rings. The van der Waals surface area contributed by atoms with Gasteiger partial charge in [0, 0.05) is 37.8 Å². The van der Waals surface area contributed by atoms with Crippen molar-refractivity contribution in [2.45, 2.75) is 50.9 Å². The highest BCUT2D eigenvalue weighted by atomic mass is 79.9. The Labute approximate surface area is 286 Å². The molecule has 13 nitrogen and oxygen atoms in total. The molecule has 1 aromatic heterocycles. The highest BCUT2D eigenvalue weighted by molar-refractivity contribution is 9.11. The van der Waals surface area contributed by atoms with E-state index in [0.717, 1.165) is 45.9 Å². The molecule has 48 heavy (non-hydrogen) atoms. The summed E-state index contributed by atoms with van der Waals surface area (Å²) in [5.74, 6) is -5.15. The van der Waals surface area contributed by atoms with E-state index in [9.17, 15) is 36.3 Å². The van der Waals surface area contributed by atoms with Gasteiger partial charge in [0.05, 0.1) is 15.6 Å². The number of hydrogen-bond acceptors (Lipinski definition) is 8. The minimum absolute atomic E-state index is 0.0374. The number of halogens is 8. The Balaban J connectivity index is 0.00000131. The average Bonchev–Trinajstić information content (AvgIpc) is 2.98. The number of alkyl halides is 6. The summed E-state index contributed by atoms with van der Waals surface area (Å²) >= 11 is 7.05. The van der Waals surface area contributed by atoms with E-state index in [1.165, 1.54) is 0 Å². The van der Waals surface area contributed by atoms with Crippen molar-refractivity contribution in [3.05, 3.63) is 56.7 Å². The van der Waals surface area contributed by atoms with E-state index in [1.54, 1.807) is 6.20 Å². The number of carboxylic acids is 2. The number of guanidine groups is 1. The molecule has 0 aliphatic heterocycles. The molecule has 1 aromatic carbocycles. The third-order valence-electron chi connectivity index (χ3n) is 5.29. The number of unbranched alkanes of at least 4 members (excludes halogenated alkanes) is 3. The largest absolute Gasteiger partial charge is 0.491 e. The van der Waals surface area contributed by atoms with Gasteiger partial charge in [-0.3, -0.25) is 14.8 Å². The molecule has 8 N–H and O–H groups in total. The maximum atomic E-state index is 12.4. The molecule has 0 atom stereocenters. The lowest BCUT2D eigenvalue weighted by Crippen LogP contribution is -2.33. The number of carboxylic acid groups (broad SMARTS) is 2. The summed E-state index contributed by atoms with van der Waals surface area (Å²) in [6, 6.07) is 9.45. The van der Waals surface area contributed by atoms with E-state index in [-0.39, 0.29) is 18.1 Å². The number of nitrogens with zero attached hydrogens (tertiary/aromatic N) is 3. The minimum Gasteiger partial charge on any atom is -0.491 e. The van der Waals surface area contributed by atoms with Crippen LogP contribution in [0.3, 0.4) is 0 Å². The highest BCUT2D eigenvalue weighted by Gasteiger charge is 2.38. The molecule has 1 amide bonds. The van der Waals surface area contributed by atoms with Crippen molar-refractivity contribution in [3.63, 3.8) is 0 Å². The summed E-state index contributed by atoms with van der Waals surface area (Å²) in [4.78, 5) is 38.4. The summed E-state index contributed by atoms with van der Waals surface area (Å²) in [6.45, 7) is 1.57. The number of carbonyl (C=O) groups is 3. The van der Waals surface area contributed by atoms with Crippen LogP contribution < -0.4 is 21.5 Å². The zero-order valence-corrected chi connectivity index (χ0v) is 28.0. The Morgan fingerprint density at radius 1 is 0.917 bits per heavy atom. The number of hydrogen-bond donors (Lipinski definition) is 6. The number of aliphatic carboxylic acids is 2. The first-order valence-electron chi connectivity index (χ1n) is 13.4. The van der Waals surface area contributed by atoms with Crippen LogP contribution in [-0.2, 0) is 27.2 Å². The smallest absolute Gasteiger partial charge is 0.490 e. The number of nitrogens with two attached hydrogens (primary N) is 2. The van der Waals surface area contributed by atoms with Crippen LogP contribution in [0.2, 0.25) is 0 Å². The van der Waals surface area contributed by atoms with Crippen LogP contribution >= 0.6 is 31.9 Å². The summed E-state index contributed by atoms with van der Waals surface area (Å²) in [7, 11) is 0. The fourth-order valence-corrected chi connectivity index (χ4v) is 4.62. The third kappa shape index (κ3) is 20.2. The molecule has 0 bridgehead atoms. The molecular formula is C27H32Br2F6N6O7. The van der Waals surface area contributed by atoms with Gasteiger partial charge in [0.25, 0.3) is 5.91 Å². The molecule has 21 heteroatoms. The fraction of sp³-hybridized carbons (Fsp3) is 0.407. The molecule has 2 aromatic rings. The standard InChI is InChI=1S/C23H30Br2N6O3.2C2HF3O2/c24-18-13-16(14-19(25)21(18)34-12-8-17-7-3-6-9-28-17)15-20(31-33)22(32)29-10-4-1-2-5-11-30-23(26)27;2*3-2(4,5)1(6)7/h3,6-7,9,13-14,33H,1-2,4-5,8,10-12,15H2,(H,29,32)(H4,26,27,30);2*(H,6,7)/b31-20-;;. The first kappa shape index (κ1) is 43.9. The predicted octanol–water partition coefficient (Wildman–Crippen LogP) is 4.82. The number of oxime groups is 1. The number of amides is 1. The van der Waals surface area contributed by atoms with Gasteiger partial charge in [0.15, 0.2) is 5.96 Å². The monoisotopic (exact) mass is 824 g/mol. The molecule has 268 valence electrons. The SMILES string of the molecule is NC(N)=NCCCCCCNC(=O)/C(Cc1cc(Br)c(OCCc2ccccn2)c(Br)c1)=N\O.O=C(O)C(F)(F)F.O=C(O)C(F)(F)F. The Hall–Kier alpha value is -4.14. The van der Waals surface area contributed by atoms with Gasteiger partial charge in [0.2, 0.25) is 0 Å². The molecule has 0 radical (unpaired) electrons. The maximum Gasteiger partial charge on any atom is 0.490 e. The number of rotatable bonds is 14. The second-order valence-electron chi connectivity index (χ2n) is 9.11. The molecule has 1 heterocycles. The van der Waals surface area contributed by atoms with Crippen LogP contribution in [0, 0.1) is 0 Å². The minimum atomic E-state index is -5.08. The summed E-state index contributed by atoms with van der Waals surface area (Å²) in [5.41, 5.74) is 12.3. The van der Waals surface area contributed by atoms with Gasteiger partial charge in [-0.25, -0.2) is 9.59 Å². The van der Waals surface area contributed by atoms with Gasteiger partial charge in [-0.05, 0) is 74.5 Å².